The van der Waals surface area contributed by atoms with Gasteiger partial charge in [-0.05, 0) is 25.1 Å². The van der Waals surface area contributed by atoms with Crippen molar-refractivity contribution in [1.82, 2.24) is 9.78 Å². The van der Waals surface area contributed by atoms with Crippen molar-refractivity contribution in [2.75, 3.05) is 5.75 Å². The van der Waals surface area contributed by atoms with Gasteiger partial charge in [0.15, 0.2) is 15.7 Å². The fourth-order valence-electron chi connectivity index (χ4n) is 1.86. The minimum atomic E-state index is -3.47. The lowest BCUT2D eigenvalue weighted by Crippen LogP contribution is -2.17. The molecule has 1 aromatic carbocycles. The van der Waals surface area contributed by atoms with E-state index in [-0.39, 0.29) is 23.0 Å². The predicted molar refractivity (Wildman–Crippen MR) is 78.0 cm³/mol. The molecule has 1 heterocycles. The van der Waals surface area contributed by atoms with E-state index >= 15 is 0 Å². The molecule has 0 saturated heterocycles. The molecule has 1 aromatic heterocycles. The van der Waals surface area contributed by atoms with Gasteiger partial charge in [-0.25, -0.2) is 8.42 Å². The molecule has 0 atom stereocenters. The molecule has 0 bridgehead atoms. The Bertz CT molecular complexity index is 765. The van der Waals surface area contributed by atoms with Crippen LogP contribution in [0.5, 0.6) is 0 Å². The highest BCUT2D eigenvalue weighted by Crippen LogP contribution is 2.14. The maximum Gasteiger partial charge on any atom is 0.180 e. The van der Waals surface area contributed by atoms with Crippen molar-refractivity contribution in [2.24, 2.45) is 10.9 Å². The number of amidine groups is 1. The van der Waals surface area contributed by atoms with Crippen LogP contribution in [0.2, 0.25) is 0 Å². The summed E-state index contributed by atoms with van der Waals surface area (Å²) < 4.78 is 26.3. The van der Waals surface area contributed by atoms with Crippen LogP contribution in [-0.2, 0) is 16.4 Å². The number of hydrogen-bond acceptors (Lipinski definition) is 5. The van der Waals surface area contributed by atoms with Crippen molar-refractivity contribution in [3.05, 3.63) is 47.8 Å². The van der Waals surface area contributed by atoms with Gasteiger partial charge < -0.3 is 10.9 Å². The van der Waals surface area contributed by atoms with Crippen molar-refractivity contribution < 1.29 is 13.6 Å². The minimum absolute atomic E-state index is 0.0743. The Morgan fingerprint density at radius 2 is 2.19 bits per heavy atom. The van der Waals surface area contributed by atoms with Gasteiger partial charge in [-0.1, -0.05) is 17.3 Å². The Kier molecular flexibility index (Phi) is 4.27. The summed E-state index contributed by atoms with van der Waals surface area (Å²) in [6.07, 6.45) is 1.63. The summed E-state index contributed by atoms with van der Waals surface area (Å²) >= 11 is 0. The zero-order valence-corrected chi connectivity index (χ0v) is 12.3. The molecule has 0 aliphatic heterocycles. The largest absolute Gasteiger partial charge is 0.409 e. The third kappa shape index (κ3) is 3.40. The molecule has 7 nitrogen and oxygen atoms in total. The van der Waals surface area contributed by atoms with E-state index in [4.69, 9.17) is 10.9 Å². The zero-order valence-electron chi connectivity index (χ0n) is 11.5. The molecule has 3 N–H and O–H groups in total. The number of oxime groups is 1. The van der Waals surface area contributed by atoms with E-state index < -0.39 is 9.84 Å². The van der Waals surface area contributed by atoms with Crippen molar-refractivity contribution in [2.45, 2.75) is 18.4 Å². The summed E-state index contributed by atoms with van der Waals surface area (Å²) in [4.78, 5) is 0.136. The molecule has 0 amide bonds. The van der Waals surface area contributed by atoms with E-state index in [1.54, 1.807) is 23.0 Å². The van der Waals surface area contributed by atoms with Crippen LogP contribution in [0.1, 0.15) is 11.3 Å². The fourth-order valence-corrected chi connectivity index (χ4v) is 3.11. The average Bonchev–Trinajstić information content (AvgIpc) is 2.90. The molecule has 0 saturated carbocycles. The first-order chi connectivity index (χ1) is 9.94. The molecule has 0 radical (unpaired) electrons. The quantitative estimate of drug-likeness (QED) is 0.367. The molecule has 8 heteroatoms. The fraction of sp³-hybridized carbons (Fsp3) is 0.231. The van der Waals surface area contributed by atoms with E-state index in [0.717, 1.165) is 5.69 Å². The average molecular weight is 308 g/mol. The lowest BCUT2D eigenvalue weighted by molar-refractivity contribution is 0.318. The van der Waals surface area contributed by atoms with Gasteiger partial charge in [0.05, 0.1) is 17.2 Å². The Labute approximate surface area is 122 Å². The molecule has 0 fully saturated rings. The maximum atomic E-state index is 12.3. The number of aryl methyl sites for hydroxylation is 2. The second-order valence-electron chi connectivity index (χ2n) is 4.53. The molecule has 112 valence electrons. The molecule has 0 unspecified atom stereocenters. The summed E-state index contributed by atoms with van der Waals surface area (Å²) in [5.74, 6) is -0.204. The number of nitrogens with two attached hydrogens (primary N) is 1. The van der Waals surface area contributed by atoms with Gasteiger partial charge in [-0.15, -0.1) is 0 Å². The highest BCUT2D eigenvalue weighted by atomic mass is 32.2. The zero-order chi connectivity index (χ0) is 15.5. The predicted octanol–water partition coefficient (Wildman–Crippen LogP) is 0.760. The van der Waals surface area contributed by atoms with Crippen LogP contribution in [0.25, 0.3) is 0 Å². The number of aromatic nitrogens is 2. The van der Waals surface area contributed by atoms with E-state index in [1.165, 1.54) is 12.1 Å². The molecule has 21 heavy (non-hydrogen) atoms. The van der Waals surface area contributed by atoms with Gasteiger partial charge in [-0.2, -0.15) is 5.10 Å². The first-order valence-corrected chi connectivity index (χ1v) is 7.88. The minimum Gasteiger partial charge on any atom is -0.409 e. The molecule has 0 aliphatic carbocycles. The monoisotopic (exact) mass is 308 g/mol. The molecular formula is C13H16N4O3S. The Balaban J connectivity index is 2.22. The number of hydrogen-bond donors (Lipinski definition) is 2. The third-order valence-electron chi connectivity index (χ3n) is 3.10. The van der Waals surface area contributed by atoms with Crippen LogP contribution >= 0.6 is 0 Å². The topological polar surface area (TPSA) is 111 Å². The van der Waals surface area contributed by atoms with E-state index in [0.29, 0.717) is 5.56 Å². The maximum absolute atomic E-state index is 12.3. The summed E-state index contributed by atoms with van der Waals surface area (Å²) in [7, 11) is -3.47. The second kappa shape index (κ2) is 5.96. The van der Waals surface area contributed by atoms with Gasteiger partial charge >= 0.3 is 0 Å². The van der Waals surface area contributed by atoms with E-state index in [9.17, 15) is 8.42 Å². The Hall–Kier alpha value is -2.35. The molecule has 2 rings (SSSR count). The van der Waals surface area contributed by atoms with E-state index in [1.807, 2.05) is 13.0 Å². The molecule has 0 spiro atoms. The van der Waals surface area contributed by atoms with Crippen LogP contribution in [0.3, 0.4) is 0 Å². The summed E-state index contributed by atoms with van der Waals surface area (Å²) in [5.41, 5.74) is 6.72. The van der Waals surface area contributed by atoms with E-state index in [2.05, 4.69) is 10.3 Å². The number of sulfone groups is 1. The highest BCUT2D eigenvalue weighted by Gasteiger charge is 2.16. The summed E-state index contributed by atoms with van der Waals surface area (Å²) in [6.45, 7) is 2.13. The van der Waals surface area contributed by atoms with Crippen molar-refractivity contribution in [3.63, 3.8) is 0 Å². The normalized spacial score (nSPS) is 12.5. The Morgan fingerprint density at radius 1 is 1.43 bits per heavy atom. The van der Waals surface area contributed by atoms with Crippen molar-refractivity contribution in [3.8, 4) is 0 Å². The van der Waals surface area contributed by atoms with Gasteiger partial charge in [-0.3, -0.25) is 4.68 Å². The van der Waals surface area contributed by atoms with Gasteiger partial charge in [0.2, 0.25) is 0 Å². The number of rotatable bonds is 5. The lowest BCUT2D eigenvalue weighted by Gasteiger charge is -2.07. The molecular weight excluding hydrogens is 292 g/mol. The summed E-state index contributed by atoms with van der Waals surface area (Å²) in [5, 5.41) is 15.6. The summed E-state index contributed by atoms with van der Waals surface area (Å²) in [6, 6.07) is 7.82. The lowest BCUT2D eigenvalue weighted by atomic mass is 10.2. The second-order valence-corrected chi connectivity index (χ2v) is 6.64. The number of benzene rings is 1. The van der Waals surface area contributed by atoms with Crippen LogP contribution in [-0.4, -0.2) is 35.0 Å². The van der Waals surface area contributed by atoms with Gasteiger partial charge in [0, 0.05) is 17.5 Å². The van der Waals surface area contributed by atoms with Crippen molar-refractivity contribution in [1.29, 1.82) is 0 Å². The Morgan fingerprint density at radius 3 is 2.81 bits per heavy atom. The van der Waals surface area contributed by atoms with Gasteiger partial charge in [0.25, 0.3) is 0 Å². The standard InChI is InChI=1S/C13H16N4O3S/c1-10-5-6-15-17(10)7-8-21(19,20)12-4-2-3-11(9-12)13(14)16-18/h2-6,9,18H,7-8H2,1H3,(H2,14,16). The van der Waals surface area contributed by atoms with Crippen LogP contribution in [0, 0.1) is 6.92 Å². The smallest absolute Gasteiger partial charge is 0.180 e. The molecule has 2 aromatic rings. The van der Waals surface area contributed by atoms with Crippen LogP contribution in [0.4, 0.5) is 0 Å². The van der Waals surface area contributed by atoms with Crippen LogP contribution in [0.15, 0.2) is 46.6 Å². The first-order valence-electron chi connectivity index (χ1n) is 6.23. The SMILES string of the molecule is Cc1ccnn1CCS(=O)(=O)c1cccc(/C(N)=N/O)c1. The highest BCUT2D eigenvalue weighted by molar-refractivity contribution is 7.91. The molecule has 0 aliphatic rings. The third-order valence-corrected chi connectivity index (χ3v) is 4.79. The van der Waals surface area contributed by atoms with Gasteiger partial charge in [0.1, 0.15) is 0 Å². The van der Waals surface area contributed by atoms with Crippen molar-refractivity contribution >= 4 is 15.7 Å². The number of nitrogens with zero attached hydrogens (tertiary/aromatic N) is 3. The first kappa shape index (κ1) is 15.0. The van der Waals surface area contributed by atoms with Crippen LogP contribution < -0.4 is 5.73 Å².